The Bertz CT molecular complexity index is 771. The molecule has 0 saturated carbocycles. The maximum atomic E-state index is 12.7. The number of para-hydroxylation sites is 1. The molecule has 2 aromatic rings. The minimum absolute atomic E-state index is 0. The van der Waals surface area contributed by atoms with Crippen LogP contribution in [0.15, 0.2) is 42.5 Å². The van der Waals surface area contributed by atoms with E-state index in [1.165, 1.54) is 6.07 Å². The fourth-order valence-electron chi connectivity index (χ4n) is 3.12. The van der Waals surface area contributed by atoms with Gasteiger partial charge in [-0.1, -0.05) is 24.3 Å². The summed E-state index contributed by atoms with van der Waals surface area (Å²) in [6, 6.07) is 11.6. The van der Waals surface area contributed by atoms with Gasteiger partial charge in [0.2, 0.25) is 0 Å². The van der Waals surface area contributed by atoms with Gasteiger partial charge < -0.3 is 15.4 Å². The number of halogens is 3. The van der Waals surface area contributed by atoms with Gasteiger partial charge in [0.25, 0.3) is 5.91 Å². The molecular weight excluding hydrogens is 362 g/mol. The monoisotopic (exact) mass is 382 g/mol. The summed E-state index contributed by atoms with van der Waals surface area (Å²) in [5.41, 5.74) is 3.10. The van der Waals surface area contributed by atoms with Gasteiger partial charge in [-0.05, 0) is 43.5 Å². The summed E-state index contributed by atoms with van der Waals surface area (Å²) < 4.78 is 29.7. The Morgan fingerprint density at radius 3 is 2.73 bits per heavy atom. The second kappa shape index (κ2) is 8.85. The maximum absolute atomic E-state index is 12.7. The number of ether oxygens (including phenoxy) is 1. The van der Waals surface area contributed by atoms with E-state index in [0.29, 0.717) is 11.1 Å². The third kappa shape index (κ3) is 4.43. The highest BCUT2D eigenvalue weighted by atomic mass is 35.5. The van der Waals surface area contributed by atoms with Crippen LogP contribution >= 0.6 is 12.4 Å². The number of carbonyl (C=O) groups excluding carboxylic acids is 1. The summed E-state index contributed by atoms with van der Waals surface area (Å²) in [7, 11) is 0. The minimum Gasteiger partial charge on any atom is -0.434 e. The molecule has 0 spiro atoms. The normalized spacial score (nSPS) is 13.8. The van der Waals surface area contributed by atoms with E-state index in [1.54, 1.807) is 31.2 Å². The first kappa shape index (κ1) is 20.0. The fraction of sp³-hybridized carbons (Fsp3) is 0.316. The number of nitrogens with one attached hydrogen (secondary N) is 2. The molecule has 1 aliphatic heterocycles. The number of hydrogen-bond acceptors (Lipinski definition) is 3. The van der Waals surface area contributed by atoms with Crippen molar-refractivity contribution in [3.8, 4) is 5.75 Å². The van der Waals surface area contributed by atoms with E-state index in [-0.39, 0.29) is 24.1 Å². The molecule has 0 bridgehead atoms. The standard InChI is InChI=1S/C19H20F2N2O2.ClH/c1-12(13-6-2-3-10-17(13)25-19(20)21)23-18(24)15-7-4-9-16-14(15)8-5-11-22-16;/h2-4,6-7,9-10,12,19,22H,5,8,11H2,1H3,(H,23,24);1H. The van der Waals surface area contributed by atoms with Crippen molar-refractivity contribution in [2.24, 2.45) is 0 Å². The third-order valence-corrected chi connectivity index (χ3v) is 4.29. The predicted molar refractivity (Wildman–Crippen MR) is 99.5 cm³/mol. The van der Waals surface area contributed by atoms with E-state index in [1.807, 2.05) is 12.1 Å². The van der Waals surface area contributed by atoms with Crippen LogP contribution in [0.3, 0.4) is 0 Å². The molecule has 1 heterocycles. The van der Waals surface area contributed by atoms with Crippen LogP contribution in [-0.2, 0) is 6.42 Å². The van der Waals surface area contributed by atoms with Crippen LogP contribution in [0.2, 0.25) is 0 Å². The van der Waals surface area contributed by atoms with Crippen molar-refractivity contribution >= 4 is 24.0 Å². The SMILES string of the molecule is CC(NC(=O)c1cccc2c1CCCN2)c1ccccc1OC(F)F.Cl. The minimum atomic E-state index is -2.91. The number of rotatable bonds is 5. The Morgan fingerprint density at radius 2 is 1.96 bits per heavy atom. The summed E-state index contributed by atoms with van der Waals surface area (Å²) in [5, 5.41) is 6.17. The van der Waals surface area contributed by atoms with Gasteiger partial charge in [0.05, 0.1) is 6.04 Å². The van der Waals surface area contributed by atoms with Gasteiger partial charge >= 0.3 is 6.61 Å². The molecule has 1 amide bonds. The van der Waals surface area contributed by atoms with Crippen molar-refractivity contribution in [3.63, 3.8) is 0 Å². The van der Waals surface area contributed by atoms with Gasteiger partial charge in [-0.25, -0.2) is 0 Å². The molecule has 140 valence electrons. The van der Waals surface area contributed by atoms with E-state index >= 15 is 0 Å². The first-order valence-corrected chi connectivity index (χ1v) is 8.26. The molecule has 0 radical (unpaired) electrons. The summed E-state index contributed by atoms with van der Waals surface area (Å²) in [6.07, 6.45) is 1.81. The lowest BCUT2D eigenvalue weighted by atomic mass is 9.96. The van der Waals surface area contributed by atoms with E-state index in [9.17, 15) is 13.6 Å². The number of benzene rings is 2. The number of hydrogen-bond donors (Lipinski definition) is 2. The molecular formula is C19H21ClF2N2O2. The lowest BCUT2D eigenvalue weighted by Crippen LogP contribution is -2.29. The van der Waals surface area contributed by atoms with Gasteiger partial charge in [-0.3, -0.25) is 4.79 Å². The van der Waals surface area contributed by atoms with Crippen molar-refractivity contribution in [2.75, 3.05) is 11.9 Å². The molecule has 0 fully saturated rings. The van der Waals surface area contributed by atoms with Crippen LogP contribution in [0.4, 0.5) is 14.5 Å². The Morgan fingerprint density at radius 1 is 1.19 bits per heavy atom. The number of fused-ring (bicyclic) bond motifs is 1. The van der Waals surface area contributed by atoms with E-state index in [0.717, 1.165) is 30.6 Å². The Kier molecular flexibility index (Phi) is 6.80. The fourth-order valence-corrected chi connectivity index (χ4v) is 3.12. The van der Waals surface area contributed by atoms with Gasteiger partial charge in [0, 0.05) is 23.4 Å². The van der Waals surface area contributed by atoms with Crippen molar-refractivity contribution in [2.45, 2.75) is 32.4 Å². The average Bonchev–Trinajstić information content (AvgIpc) is 2.61. The van der Waals surface area contributed by atoms with E-state index in [4.69, 9.17) is 0 Å². The molecule has 1 atom stereocenters. The van der Waals surface area contributed by atoms with Gasteiger partial charge in [0.15, 0.2) is 0 Å². The lowest BCUT2D eigenvalue weighted by molar-refractivity contribution is -0.0506. The number of anilines is 1. The van der Waals surface area contributed by atoms with Crippen molar-refractivity contribution in [1.82, 2.24) is 5.32 Å². The summed E-state index contributed by atoms with van der Waals surface area (Å²) in [6.45, 7) is -0.261. The van der Waals surface area contributed by atoms with Crippen LogP contribution < -0.4 is 15.4 Å². The van der Waals surface area contributed by atoms with Crippen molar-refractivity contribution < 1.29 is 18.3 Å². The molecule has 3 rings (SSSR count). The molecule has 1 unspecified atom stereocenters. The van der Waals surface area contributed by atoms with Crippen molar-refractivity contribution in [3.05, 3.63) is 59.2 Å². The molecule has 0 aliphatic carbocycles. The Hall–Kier alpha value is -2.34. The average molecular weight is 383 g/mol. The zero-order chi connectivity index (χ0) is 17.8. The van der Waals surface area contributed by atoms with E-state index in [2.05, 4.69) is 15.4 Å². The Balaban J connectivity index is 0.00000243. The largest absolute Gasteiger partial charge is 0.434 e. The molecule has 1 aliphatic rings. The highest BCUT2D eigenvalue weighted by Gasteiger charge is 2.21. The highest BCUT2D eigenvalue weighted by Crippen LogP contribution is 2.28. The molecule has 0 aromatic heterocycles. The number of carbonyl (C=O) groups is 1. The summed E-state index contributed by atoms with van der Waals surface area (Å²) >= 11 is 0. The molecule has 2 aromatic carbocycles. The number of amides is 1. The maximum Gasteiger partial charge on any atom is 0.387 e. The van der Waals surface area contributed by atoms with Gasteiger partial charge in [0.1, 0.15) is 5.75 Å². The zero-order valence-electron chi connectivity index (χ0n) is 14.3. The smallest absolute Gasteiger partial charge is 0.387 e. The van der Waals surface area contributed by atoms with Gasteiger partial charge in [-0.15, -0.1) is 12.4 Å². The Labute approximate surface area is 157 Å². The third-order valence-electron chi connectivity index (χ3n) is 4.29. The second-order valence-corrected chi connectivity index (χ2v) is 5.97. The summed E-state index contributed by atoms with van der Waals surface area (Å²) in [5.74, 6) is -0.151. The molecule has 2 N–H and O–H groups in total. The lowest BCUT2D eigenvalue weighted by Gasteiger charge is -2.22. The van der Waals surface area contributed by atoms with Crippen LogP contribution in [0, 0.1) is 0 Å². The molecule has 7 heteroatoms. The first-order chi connectivity index (χ1) is 12.1. The van der Waals surface area contributed by atoms with Crippen LogP contribution in [0.25, 0.3) is 0 Å². The summed E-state index contributed by atoms with van der Waals surface area (Å²) in [4.78, 5) is 12.7. The van der Waals surface area contributed by atoms with Crippen LogP contribution in [-0.4, -0.2) is 19.1 Å². The topological polar surface area (TPSA) is 50.4 Å². The quantitative estimate of drug-likeness (QED) is 0.797. The highest BCUT2D eigenvalue weighted by molar-refractivity contribution is 5.97. The zero-order valence-corrected chi connectivity index (χ0v) is 15.1. The number of alkyl halides is 2. The molecule has 4 nitrogen and oxygen atoms in total. The van der Waals surface area contributed by atoms with Crippen molar-refractivity contribution in [1.29, 1.82) is 0 Å². The first-order valence-electron chi connectivity index (χ1n) is 8.26. The van der Waals surface area contributed by atoms with Crippen LogP contribution in [0.5, 0.6) is 5.75 Å². The molecule has 26 heavy (non-hydrogen) atoms. The van der Waals surface area contributed by atoms with Crippen LogP contribution in [0.1, 0.15) is 40.9 Å². The molecule has 0 saturated heterocycles. The van der Waals surface area contributed by atoms with E-state index < -0.39 is 12.7 Å². The van der Waals surface area contributed by atoms with Gasteiger partial charge in [-0.2, -0.15) is 8.78 Å². The second-order valence-electron chi connectivity index (χ2n) is 5.97. The predicted octanol–water partition coefficient (Wildman–Crippen LogP) is 4.56.